The molecule has 0 aliphatic rings. The number of hydrogen-bond acceptors (Lipinski definition) is 6. The molecule has 0 aromatic carbocycles. The largest absolute Gasteiger partial charge is 0.469 e. The maximum Gasteiger partial charge on any atom is 0.469 e. The first-order chi connectivity index (χ1) is 14.3. The van der Waals surface area contributed by atoms with E-state index in [1.807, 2.05) is 5.92 Å². The van der Waals surface area contributed by atoms with Gasteiger partial charge in [0.05, 0.1) is 6.61 Å². The van der Waals surface area contributed by atoms with Crippen molar-refractivity contribution in [3.05, 3.63) is 0 Å². The second kappa shape index (κ2) is 17.2. The summed E-state index contributed by atoms with van der Waals surface area (Å²) < 4.78 is 25.1. The molecular weight excluding hydrogens is 411 g/mol. The Morgan fingerprint density at radius 1 is 0.967 bits per heavy atom. The summed E-state index contributed by atoms with van der Waals surface area (Å²) in [6.07, 6.45) is 9.73. The predicted octanol–water partition coefficient (Wildman–Crippen LogP) is 1.94. The van der Waals surface area contributed by atoms with Crippen molar-refractivity contribution in [3.8, 4) is 47.9 Å². The van der Waals surface area contributed by atoms with Crippen LogP contribution in [0.3, 0.4) is 0 Å². The van der Waals surface area contributed by atoms with Crippen LogP contribution in [-0.4, -0.2) is 41.0 Å². The Morgan fingerprint density at radius 3 is 2.27 bits per heavy atom. The van der Waals surface area contributed by atoms with E-state index >= 15 is 0 Å². The maximum atomic E-state index is 11.9. The Bertz CT molecular complexity index is 817. The monoisotopic (exact) mass is 436 g/mol. The van der Waals surface area contributed by atoms with Crippen LogP contribution >= 0.6 is 7.82 Å². The first kappa shape index (κ1) is 27.3. The summed E-state index contributed by atoms with van der Waals surface area (Å²) in [4.78, 5) is 41.1. The maximum absolute atomic E-state index is 11.9. The SMILES string of the molecule is C#CC#CC#CC#CC(=O)OC[C@@H](COP(=O)(O)O)OC(=O)CCCCCCCC. The van der Waals surface area contributed by atoms with Crippen LogP contribution in [0, 0.1) is 47.9 Å². The van der Waals surface area contributed by atoms with Crippen LogP contribution in [0.25, 0.3) is 0 Å². The van der Waals surface area contributed by atoms with Gasteiger partial charge >= 0.3 is 19.8 Å². The fourth-order valence-electron chi connectivity index (χ4n) is 2.01. The van der Waals surface area contributed by atoms with Gasteiger partial charge in [0, 0.05) is 12.3 Å². The lowest BCUT2D eigenvalue weighted by molar-refractivity contribution is -0.158. The van der Waals surface area contributed by atoms with Gasteiger partial charge in [0.1, 0.15) is 6.61 Å². The third kappa shape index (κ3) is 18.6. The molecule has 0 heterocycles. The highest BCUT2D eigenvalue weighted by Gasteiger charge is 2.22. The summed E-state index contributed by atoms with van der Waals surface area (Å²) in [5.74, 6) is 13.8. The van der Waals surface area contributed by atoms with Crippen molar-refractivity contribution < 1.29 is 37.9 Å². The van der Waals surface area contributed by atoms with Gasteiger partial charge in [-0.15, -0.1) is 6.42 Å². The number of carbonyl (C=O) groups is 2. The standard InChI is InChI=1S/C21H25O8P/c1-3-5-7-9-11-13-15-20(22)27-17-19(18-28-30(24,25)26)29-21(23)16-14-12-10-8-6-4-2/h1,19H,4,6,8,10,12,14,16-18H2,2H3,(H2,24,25,26)/t19-/m0/s1. The summed E-state index contributed by atoms with van der Waals surface area (Å²) in [5.41, 5.74) is 0. The Morgan fingerprint density at radius 2 is 1.60 bits per heavy atom. The number of unbranched alkanes of at least 4 members (excludes halogenated alkanes) is 5. The number of esters is 2. The zero-order chi connectivity index (χ0) is 22.7. The summed E-state index contributed by atoms with van der Waals surface area (Å²) >= 11 is 0. The number of terminal acetylenes is 1. The highest BCUT2D eigenvalue weighted by Crippen LogP contribution is 2.35. The van der Waals surface area contributed by atoms with E-state index < -0.39 is 39.1 Å². The third-order valence-electron chi connectivity index (χ3n) is 3.35. The molecule has 0 spiro atoms. The van der Waals surface area contributed by atoms with Gasteiger partial charge in [-0.05, 0) is 41.9 Å². The van der Waals surface area contributed by atoms with Crippen LogP contribution in [-0.2, 0) is 28.2 Å². The number of ether oxygens (including phenoxy) is 2. The smallest absolute Gasteiger partial charge is 0.456 e. The zero-order valence-electron chi connectivity index (χ0n) is 16.8. The number of carbonyl (C=O) groups excluding carboxylic acids is 2. The van der Waals surface area contributed by atoms with Gasteiger partial charge in [-0.3, -0.25) is 9.32 Å². The highest BCUT2D eigenvalue weighted by atomic mass is 31.2. The first-order valence-electron chi connectivity index (χ1n) is 9.31. The molecule has 0 radical (unpaired) electrons. The molecule has 0 aliphatic heterocycles. The van der Waals surface area contributed by atoms with Crippen molar-refractivity contribution in [2.45, 2.75) is 58.0 Å². The summed E-state index contributed by atoms with van der Waals surface area (Å²) in [6, 6.07) is 0. The molecule has 0 fully saturated rings. The minimum absolute atomic E-state index is 0.139. The van der Waals surface area contributed by atoms with E-state index in [1.54, 1.807) is 0 Å². The lowest BCUT2D eigenvalue weighted by Gasteiger charge is -2.17. The average Bonchev–Trinajstić information content (AvgIpc) is 2.68. The fraction of sp³-hybridized carbons (Fsp3) is 0.524. The normalized spacial score (nSPS) is 10.6. The molecule has 162 valence electrons. The quantitative estimate of drug-likeness (QED) is 0.148. The van der Waals surface area contributed by atoms with Crippen molar-refractivity contribution in [3.63, 3.8) is 0 Å². The van der Waals surface area contributed by atoms with E-state index in [0.717, 1.165) is 32.1 Å². The molecule has 0 unspecified atom stereocenters. The van der Waals surface area contributed by atoms with E-state index in [0.29, 0.717) is 6.42 Å². The molecule has 0 aromatic heterocycles. The van der Waals surface area contributed by atoms with Crippen LogP contribution in [0.2, 0.25) is 0 Å². The van der Waals surface area contributed by atoms with Gasteiger partial charge in [0.2, 0.25) is 0 Å². The van der Waals surface area contributed by atoms with Crippen LogP contribution in [0.5, 0.6) is 0 Å². The summed E-state index contributed by atoms with van der Waals surface area (Å²) in [7, 11) is -4.78. The van der Waals surface area contributed by atoms with Gasteiger partial charge in [0.15, 0.2) is 6.10 Å². The van der Waals surface area contributed by atoms with Crippen LogP contribution < -0.4 is 0 Å². The van der Waals surface area contributed by atoms with Gasteiger partial charge in [-0.1, -0.05) is 39.0 Å². The lowest BCUT2D eigenvalue weighted by atomic mass is 10.1. The molecule has 0 bridgehead atoms. The summed E-state index contributed by atoms with van der Waals surface area (Å²) in [5, 5.41) is 0. The second-order valence-electron chi connectivity index (χ2n) is 5.91. The topological polar surface area (TPSA) is 119 Å². The molecular formula is C21H25O8P. The van der Waals surface area contributed by atoms with Gasteiger partial charge < -0.3 is 19.3 Å². The minimum Gasteiger partial charge on any atom is -0.456 e. The molecule has 0 saturated carbocycles. The molecule has 0 amide bonds. The van der Waals surface area contributed by atoms with E-state index in [9.17, 15) is 14.2 Å². The van der Waals surface area contributed by atoms with E-state index in [-0.39, 0.29) is 6.42 Å². The van der Waals surface area contributed by atoms with Gasteiger partial charge in [-0.25, -0.2) is 9.36 Å². The first-order valence-corrected chi connectivity index (χ1v) is 10.8. The Balaban J connectivity index is 4.55. The van der Waals surface area contributed by atoms with Crippen molar-refractivity contribution in [2.24, 2.45) is 0 Å². The Hall–Kier alpha value is -2.71. The molecule has 1 atom stereocenters. The number of hydrogen-bond donors (Lipinski definition) is 2. The number of rotatable bonds is 13. The van der Waals surface area contributed by atoms with Crippen molar-refractivity contribution in [2.75, 3.05) is 13.2 Å². The molecule has 2 N–H and O–H groups in total. The highest BCUT2D eigenvalue weighted by molar-refractivity contribution is 7.46. The third-order valence-corrected chi connectivity index (χ3v) is 3.83. The van der Waals surface area contributed by atoms with Crippen LogP contribution in [0.4, 0.5) is 0 Å². The minimum atomic E-state index is -4.78. The number of phosphoric ester groups is 1. The Labute approximate surface area is 177 Å². The summed E-state index contributed by atoms with van der Waals surface area (Å²) in [6.45, 7) is 0.980. The van der Waals surface area contributed by atoms with Crippen LogP contribution in [0.15, 0.2) is 0 Å². The Kier molecular flexibility index (Phi) is 15.6. The van der Waals surface area contributed by atoms with Crippen molar-refractivity contribution in [1.29, 1.82) is 0 Å². The lowest BCUT2D eigenvalue weighted by Crippen LogP contribution is -2.29. The predicted molar refractivity (Wildman–Crippen MR) is 109 cm³/mol. The molecule has 0 saturated heterocycles. The van der Waals surface area contributed by atoms with E-state index in [2.05, 4.69) is 47.0 Å². The zero-order valence-corrected chi connectivity index (χ0v) is 17.7. The molecule has 0 aliphatic carbocycles. The molecule has 9 heteroatoms. The van der Waals surface area contributed by atoms with Crippen molar-refractivity contribution in [1.82, 2.24) is 0 Å². The molecule has 0 rings (SSSR count). The van der Waals surface area contributed by atoms with Gasteiger partial charge in [0.25, 0.3) is 0 Å². The molecule has 0 aromatic rings. The molecule has 8 nitrogen and oxygen atoms in total. The number of phosphoric acid groups is 1. The van der Waals surface area contributed by atoms with Crippen LogP contribution in [0.1, 0.15) is 51.9 Å². The van der Waals surface area contributed by atoms with E-state index in [4.69, 9.17) is 25.7 Å². The second-order valence-corrected chi connectivity index (χ2v) is 7.15. The van der Waals surface area contributed by atoms with E-state index in [1.165, 1.54) is 0 Å². The van der Waals surface area contributed by atoms with Gasteiger partial charge in [-0.2, -0.15) is 0 Å². The van der Waals surface area contributed by atoms with Crippen molar-refractivity contribution >= 4 is 19.8 Å². The average molecular weight is 436 g/mol. The molecule has 30 heavy (non-hydrogen) atoms. The fourth-order valence-corrected chi connectivity index (χ4v) is 2.37.